The summed E-state index contributed by atoms with van der Waals surface area (Å²) in [6.45, 7) is 1.15. The van der Waals surface area contributed by atoms with Crippen molar-refractivity contribution >= 4 is 28.8 Å². The smallest absolute Gasteiger partial charge is 0.110 e. The van der Waals surface area contributed by atoms with Gasteiger partial charge in [-0.25, -0.2) is 0 Å². The van der Waals surface area contributed by atoms with E-state index < -0.39 is 0 Å². The molecular formula is C13H13NS2. The Bertz CT molecular complexity index is 438. The Balaban J connectivity index is 1.90. The van der Waals surface area contributed by atoms with E-state index in [-0.39, 0.29) is 0 Å². The first-order valence-electron chi connectivity index (χ1n) is 5.42. The van der Waals surface area contributed by atoms with Gasteiger partial charge in [0.1, 0.15) is 5.37 Å². The maximum atomic E-state index is 2.50. The molecule has 0 aliphatic carbocycles. The van der Waals surface area contributed by atoms with Gasteiger partial charge in [0, 0.05) is 22.9 Å². The van der Waals surface area contributed by atoms with E-state index in [0.717, 1.165) is 6.54 Å². The molecule has 0 bridgehead atoms. The van der Waals surface area contributed by atoms with Gasteiger partial charge < -0.3 is 4.90 Å². The van der Waals surface area contributed by atoms with Crippen LogP contribution in [-0.4, -0.2) is 12.3 Å². The lowest BCUT2D eigenvalue weighted by Gasteiger charge is -2.24. The molecule has 2 aromatic rings. The average molecular weight is 247 g/mol. The van der Waals surface area contributed by atoms with Crippen LogP contribution in [0.2, 0.25) is 0 Å². The van der Waals surface area contributed by atoms with Gasteiger partial charge in [-0.3, -0.25) is 0 Å². The largest absolute Gasteiger partial charge is 0.354 e. The number of anilines is 1. The summed E-state index contributed by atoms with van der Waals surface area (Å²) in [5, 5.41) is 2.68. The van der Waals surface area contributed by atoms with Crippen LogP contribution in [0.3, 0.4) is 0 Å². The van der Waals surface area contributed by atoms with E-state index in [2.05, 4.69) is 52.7 Å². The number of nitrogens with zero attached hydrogens (tertiary/aromatic N) is 1. The van der Waals surface area contributed by atoms with Crippen molar-refractivity contribution < 1.29 is 0 Å². The number of benzene rings is 1. The Hall–Kier alpha value is -0.930. The zero-order valence-corrected chi connectivity index (χ0v) is 10.5. The standard InChI is InChI=1S/C13H13NS2/c1-2-5-11(6-3-1)14-8-10-16-13(14)12-7-4-9-15-12/h1-7,9,13H,8,10H2/t13-/m1/s1. The molecule has 2 heterocycles. The van der Waals surface area contributed by atoms with Crippen LogP contribution in [0.15, 0.2) is 47.8 Å². The van der Waals surface area contributed by atoms with Crippen LogP contribution in [0.5, 0.6) is 0 Å². The van der Waals surface area contributed by atoms with Crippen LogP contribution >= 0.6 is 23.1 Å². The number of thioether (sulfide) groups is 1. The zero-order valence-electron chi connectivity index (χ0n) is 8.87. The van der Waals surface area contributed by atoms with Crippen LogP contribution in [0, 0.1) is 0 Å². The third kappa shape index (κ3) is 1.85. The number of hydrogen-bond acceptors (Lipinski definition) is 3. The summed E-state index contributed by atoms with van der Waals surface area (Å²) in [5.41, 5.74) is 1.34. The third-order valence-electron chi connectivity index (χ3n) is 2.77. The van der Waals surface area contributed by atoms with Gasteiger partial charge in [-0.15, -0.1) is 23.1 Å². The number of hydrogen-bond donors (Lipinski definition) is 0. The van der Waals surface area contributed by atoms with E-state index in [0.29, 0.717) is 5.37 Å². The van der Waals surface area contributed by atoms with Crippen molar-refractivity contribution in [3.63, 3.8) is 0 Å². The molecule has 1 aliphatic rings. The fourth-order valence-electron chi connectivity index (χ4n) is 2.02. The highest BCUT2D eigenvalue weighted by Gasteiger charge is 2.27. The van der Waals surface area contributed by atoms with Crippen molar-refractivity contribution in [1.29, 1.82) is 0 Å². The predicted octanol–water partition coefficient (Wildman–Crippen LogP) is 4.00. The van der Waals surface area contributed by atoms with Gasteiger partial charge in [0.05, 0.1) is 0 Å². The van der Waals surface area contributed by atoms with Crippen LogP contribution in [0.4, 0.5) is 5.69 Å². The first-order chi connectivity index (χ1) is 7.95. The molecule has 1 aromatic heterocycles. The quantitative estimate of drug-likeness (QED) is 0.789. The van der Waals surface area contributed by atoms with Gasteiger partial charge in [-0.2, -0.15) is 0 Å². The van der Waals surface area contributed by atoms with Crippen molar-refractivity contribution in [3.05, 3.63) is 52.7 Å². The second kappa shape index (κ2) is 4.52. The average Bonchev–Trinajstić information content (AvgIpc) is 3.01. The Morgan fingerprint density at radius 1 is 1.06 bits per heavy atom. The summed E-state index contributed by atoms with van der Waals surface area (Å²) in [5.74, 6) is 1.22. The first-order valence-corrected chi connectivity index (χ1v) is 7.35. The maximum absolute atomic E-state index is 2.50. The Kier molecular flexibility index (Phi) is 2.89. The van der Waals surface area contributed by atoms with Gasteiger partial charge in [-0.05, 0) is 23.6 Å². The maximum Gasteiger partial charge on any atom is 0.110 e. The molecular weight excluding hydrogens is 234 g/mol. The van der Waals surface area contributed by atoms with Crippen LogP contribution in [0.25, 0.3) is 0 Å². The minimum absolute atomic E-state index is 0.516. The Morgan fingerprint density at radius 3 is 2.69 bits per heavy atom. The van der Waals surface area contributed by atoms with Crippen LogP contribution in [0.1, 0.15) is 10.3 Å². The second-order valence-electron chi connectivity index (χ2n) is 3.77. The van der Waals surface area contributed by atoms with Crippen molar-refractivity contribution in [1.82, 2.24) is 0 Å². The first kappa shape index (κ1) is 10.2. The minimum Gasteiger partial charge on any atom is -0.354 e. The molecule has 0 N–H and O–H groups in total. The van der Waals surface area contributed by atoms with E-state index in [4.69, 9.17) is 0 Å². The van der Waals surface area contributed by atoms with Crippen molar-refractivity contribution in [2.24, 2.45) is 0 Å². The molecule has 3 rings (SSSR count). The Morgan fingerprint density at radius 2 is 1.94 bits per heavy atom. The predicted molar refractivity (Wildman–Crippen MR) is 73.3 cm³/mol. The monoisotopic (exact) mass is 247 g/mol. The second-order valence-corrected chi connectivity index (χ2v) is 5.93. The molecule has 1 aliphatic heterocycles. The highest BCUT2D eigenvalue weighted by atomic mass is 32.2. The molecule has 0 spiro atoms. The third-order valence-corrected chi connectivity index (χ3v) is 5.08. The highest BCUT2D eigenvalue weighted by molar-refractivity contribution is 8.00. The molecule has 0 amide bonds. The molecule has 1 atom stereocenters. The van der Waals surface area contributed by atoms with E-state index in [1.807, 2.05) is 23.1 Å². The lowest BCUT2D eigenvalue weighted by Crippen LogP contribution is -2.21. The van der Waals surface area contributed by atoms with Crippen molar-refractivity contribution in [2.75, 3.05) is 17.2 Å². The van der Waals surface area contributed by atoms with E-state index in [1.54, 1.807) is 0 Å². The molecule has 3 heteroatoms. The topological polar surface area (TPSA) is 3.24 Å². The molecule has 1 saturated heterocycles. The molecule has 0 saturated carbocycles. The molecule has 1 aromatic carbocycles. The van der Waals surface area contributed by atoms with Gasteiger partial charge >= 0.3 is 0 Å². The summed E-state index contributed by atoms with van der Waals surface area (Å²) in [7, 11) is 0. The summed E-state index contributed by atoms with van der Waals surface area (Å²) in [6, 6.07) is 15.1. The molecule has 1 fully saturated rings. The van der Waals surface area contributed by atoms with Gasteiger partial charge in [0.15, 0.2) is 0 Å². The molecule has 1 nitrogen and oxygen atoms in total. The fourth-order valence-corrected chi connectivity index (χ4v) is 4.28. The van der Waals surface area contributed by atoms with E-state index >= 15 is 0 Å². The van der Waals surface area contributed by atoms with Gasteiger partial charge in [0.25, 0.3) is 0 Å². The lowest BCUT2D eigenvalue weighted by molar-refractivity contribution is 0.870. The van der Waals surface area contributed by atoms with Crippen molar-refractivity contribution in [2.45, 2.75) is 5.37 Å². The highest BCUT2D eigenvalue weighted by Crippen LogP contribution is 2.42. The minimum atomic E-state index is 0.516. The summed E-state index contributed by atoms with van der Waals surface area (Å²) < 4.78 is 0. The number of rotatable bonds is 2. The Labute approximate surface area is 104 Å². The van der Waals surface area contributed by atoms with Crippen molar-refractivity contribution in [3.8, 4) is 0 Å². The number of para-hydroxylation sites is 1. The SMILES string of the molecule is c1ccc(N2CCS[C@@H]2c2cccs2)cc1. The van der Waals surface area contributed by atoms with E-state index in [1.165, 1.54) is 16.3 Å². The summed E-state index contributed by atoms with van der Waals surface area (Å²) >= 11 is 3.90. The number of thiophene rings is 1. The summed E-state index contributed by atoms with van der Waals surface area (Å²) in [4.78, 5) is 3.96. The molecule has 0 unspecified atom stereocenters. The van der Waals surface area contributed by atoms with Gasteiger partial charge in [-0.1, -0.05) is 24.3 Å². The summed E-state index contributed by atoms with van der Waals surface area (Å²) in [6.07, 6.45) is 0. The van der Waals surface area contributed by atoms with Gasteiger partial charge in [0.2, 0.25) is 0 Å². The fraction of sp³-hybridized carbons (Fsp3) is 0.231. The molecule has 82 valence electrons. The lowest BCUT2D eigenvalue weighted by atomic mass is 10.3. The normalized spacial score (nSPS) is 20.2. The van der Waals surface area contributed by atoms with Crippen LogP contribution in [-0.2, 0) is 0 Å². The molecule has 0 radical (unpaired) electrons. The van der Waals surface area contributed by atoms with E-state index in [9.17, 15) is 0 Å². The molecule has 16 heavy (non-hydrogen) atoms. The zero-order chi connectivity index (χ0) is 10.8. The van der Waals surface area contributed by atoms with Crippen LogP contribution < -0.4 is 4.90 Å².